The summed E-state index contributed by atoms with van der Waals surface area (Å²) in [5.74, 6) is 2.56. The van der Waals surface area contributed by atoms with Crippen LogP contribution in [0.3, 0.4) is 0 Å². The smallest absolute Gasteiger partial charge is 0.255 e. The molecule has 0 saturated carbocycles. The van der Waals surface area contributed by atoms with Gasteiger partial charge in [0.2, 0.25) is 0 Å². The molecule has 0 saturated heterocycles. The highest BCUT2D eigenvalue weighted by atomic mass is 16.5. The van der Waals surface area contributed by atoms with Crippen LogP contribution in [0.25, 0.3) is 0 Å². The van der Waals surface area contributed by atoms with Crippen molar-refractivity contribution in [1.82, 2.24) is 10.6 Å². The minimum Gasteiger partial charge on any atom is -0.494 e. The summed E-state index contributed by atoms with van der Waals surface area (Å²) >= 11 is 0. The molecular weight excluding hydrogens is 408 g/mol. The zero-order valence-corrected chi connectivity index (χ0v) is 18.9. The molecule has 1 unspecified atom stereocenters. The SMILES string of the molecule is CCNC(=NCc1cccc(OCC(N)=O)c1)NCc1cc2c(cc1OCC)CC(C)O2. The first-order chi connectivity index (χ1) is 15.5. The molecular formula is C24H32N4O4. The number of nitrogens with zero attached hydrogens (tertiary/aromatic N) is 1. The standard InChI is InChI=1S/C24H32N4O4/c1-4-26-24(27-13-17-7-6-8-20(10-17)31-15-23(25)29)28-14-19-12-22-18(9-16(3)32-22)11-21(19)30-5-2/h6-8,10-12,16H,4-5,9,13-15H2,1-3H3,(H2,25,29)(H2,26,27,28). The molecule has 2 aromatic rings. The Morgan fingerprint density at radius 3 is 2.81 bits per heavy atom. The second kappa shape index (κ2) is 11.3. The van der Waals surface area contributed by atoms with Gasteiger partial charge in [-0.25, -0.2) is 4.99 Å². The Balaban J connectivity index is 1.68. The van der Waals surface area contributed by atoms with E-state index in [-0.39, 0.29) is 12.7 Å². The van der Waals surface area contributed by atoms with Gasteiger partial charge in [0, 0.05) is 30.6 Å². The van der Waals surface area contributed by atoms with Crippen LogP contribution in [0.4, 0.5) is 0 Å². The van der Waals surface area contributed by atoms with Gasteiger partial charge in [-0.2, -0.15) is 0 Å². The second-order valence-corrected chi connectivity index (χ2v) is 7.58. The van der Waals surface area contributed by atoms with Crippen molar-refractivity contribution >= 4 is 11.9 Å². The first kappa shape index (κ1) is 23.2. The van der Waals surface area contributed by atoms with Crippen molar-refractivity contribution in [1.29, 1.82) is 0 Å². The van der Waals surface area contributed by atoms with Gasteiger partial charge >= 0.3 is 0 Å². The van der Waals surface area contributed by atoms with Gasteiger partial charge in [0.1, 0.15) is 23.4 Å². The number of nitrogens with one attached hydrogen (secondary N) is 2. The molecule has 8 heteroatoms. The number of ether oxygens (including phenoxy) is 3. The summed E-state index contributed by atoms with van der Waals surface area (Å²) < 4.78 is 17.2. The third-order valence-electron chi connectivity index (χ3n) is 4.87. The van der Waals surface area contributed by atoms with Crippen molar-refractivity contribution in [2.24, 2.45) is 10.7 Å². The predicted molar refractivity (Wildman–Crippen MR) is 124 cm³/mol. The van der Waals surface area contributed by atoms with Crippen molar-refractivity contribution in [3.05, 3.63) is 53.1 Å². The average molecular weight is 441 g/mol. The molecule has 0 spiro atoms. The number of primary amides is 1. The summed E-state index contributed by atoms with van der Waals surface area (Å²) in [6.07, 6.45) is 1.08. The first-order valence-electron chi connectivity index (χ1n) is 11.0. The Labute approximate surface area is 189 Å². The molecule has 1 atom stereocenters. The van der Waals surface area contributed by atoms with Crippen molar-refractivity contribution < 1.29 is 19.0 Å². The fraction of sp³-hybridized carbons (Fsp3) is 0.417. The van der Waals surface area contributed by atoms with E-state index in [1.165, 1.54) is 5.56 Å². The predicted octanol–water partition coefficient (Wildman–Crippen LogP) is 2.53. The van der Waals surface area contributed by atoms with Crippen LogP contribution in [-0.4, -0.2) is 37.7 Å². The molecule has 32 heavy (non-hydrogen) atoms. The number of carbonyl (C=O) groups is 1. The van der Waals surface area contributed by atoms with E-state index in [1.807, 2.05) is 32.0 Å². The number of fused-ring (bicyclic) bond motifs is 1. The van der Waals surface area contributed by atoms with Crippen molar-refractivity contribution in [2.45, 2.75) is 46.4 Å². The highest BCUT2D eigenvalue weighted by molar-refractivity contribution is 5.79. The summed E-state index contributed by atoms with van der Waals surface area (Å²) in [5.41, 5.74) is 8.30. The van der Waals surface area contributed by atoms with E-state index >= 15 is 0 Å². The lowest BCUT2D eigenvalue weighted by Gasteiger charge is -2.15. The molecule has 0 aliphatic carbocycles. The molecule has 3 rings (SSSR count). The molecule has 172 valence electrons. The maximum Gasteiger partial charge on any atom is 0.255 e. The van der Waals surface area contributed by atoms with Gasteiger partial charge in [-0.3, -0.25) is 4.79 Å². The molecule has 0 fully saturated rings. The van der Waals surface area contributed by atoms with E-state index in [4.69, 9.17) is 19.9 Å². The number of guanidine groups is 1. The number of hydrogen-bond donors (Lipinski definition) is 3. The van der Waals surface area contributed by atoms with Crippen LogP contribution in [0.15, 0.2) is 41.4 Å². The summed E-state index contributed by atoms with van der Waals surface area (Å²) in [6, 6.07) is 11.6. The van der Waals surface area contributed by atoms with E-state index in [1.54, 1.807) is 6.07 Å². The fourth-order valence-corrected chi connectivity index (χ4v) is 3.49. The van der Waals surface area contributed by atoms with E-state index in [9.17, 15) is 4.79 Å². The van der Waals surface area contributed by atoms with E-state index in [0.29, 0.717) is 31.4 Å². The number of carbonyl (C=O) groups excluding carboxylic acids is 1. The third kappa shape index (κ3) is 6.54. The maximum absolute atomic E-state index is 10.9. The number of hydrogen-bond acceptors (Lipinski definition) is 5. The molecule has 1 amide bonds. The van der Waals surface area contributed by atoms with E-state index in [0.717, 1.165) is 35.6 Å². The van der Waals surface area contributed by atoms with Gasteiger partial charge in [-0.05, 0) is 50.6 Å². The molecule has 1 aliphatic rings. The lowest BCUT2D eigenvalue weighted by atomic mass is 10.1. The maximum atomic E-state index is 10.9. The number of benzene rings is 2. The average Bonchev–Trinajstić information content (AvgIpc) is 3.13. The van der Waals surface area contributed by atoms with E-state index < -0.39 is 5.91 Å². The number of nitrogens with two attached hydrogens (primary N) is 1. The Hall–Kier alpha value is -3.42. The minimum absolute atomic E-state index is 0.150. The van der Waals surface area contributed by atoms with E-state index in [2.05, 4.69) is 34.7 Å². The lowest BCUT2D eigenvalue weighted by molar-refractivity contribution is -0.119. The molecule has 8 nitrogen and oxygen atoms in total. The molecule has 2 aromatic carbocycles. The van der Waals surface area contributed by atoms with Gasteiger partial charge < -0.3 is 30.6 Å². The van der Waals surface area contributed by atoms with Crippen LogP contribution in [-0.2, 0) is 24.3 Å². The zero-order chi connectivity index (χ0) is 22.9. The minimum atomic E-state index is -0.509. The highest BCUT2D eigenvalue weighted by Crippen LogP contribution is 2.35. The van der Waals surface area contributed by atoms with Gasteiger partial charge in [0.05, 0.1) is 13.2 Å². The largest absolute Gasteiger partial charge is 0.494 e. The normalized spacial score (nSPS) is 15.0. The van der Waals surface area contributed by atoms with Gasteiger partial charge in [-0.15, -0.1) is 0 Å². The fourth-order valence-electron chi connectivity index (χ4n) is 3.49. The van der Waals surface area contributed by atoms with Gasteiger partial charge in [-0.1, -0.05) is 12.1 Å². The summed E-state index contributed by atoms with van der Waals surface area (Å²) in [5, 5.41) is 6.64. The van der Waals surface area contributed by atoms with Crippen molar-refractivity contribution in [3.8, 4) is 17.2 Å². The molecule has 4 N–H and O–H groups in total. The van der Waals surface area contributed by atoms with Crippen LogP contribution >= 0.6 is 0 Å². The van der Waals surface area contributed by atoms with Crippen LogP contribution in [0.5, 0.6) is 17.2 Å². The van der Waals surface area contributed by atoms with Crippen molar-refractivity contribution in [2.75, 3.05) is 19.8 Å². The number of amides is 1. The molecule has 0 radical (unpaired) electrons. The monoisotopic (exact) mass is 440 g/mol. The molecule has 1 aliphatic heterocycles. The quantitative estimate of drug-likeness (QED) is 0.387. The zero-order valence-electron chi connectivity index (χ0n) is 18.9. The van der Waals surface area contributed by atoms with Crippen LogP contribution in [0, 0.1) is 0 Å². The van der Waals surface area contributed by atoms with Crippen molar-refractivity contribution in [3.63, 3.8) is 0 Å². The molecule has 0 bridgehead atoms. The van der Waals surface area contributed by atoms with Crippen LogP contribution < -0.4 is 30.6 Å². The number of aliphatic imine (C=N–C) groups is 1. The summed E-state index contributed by atoms with van der Waals surface area (Å²) in [7, 11) is 0. The highest BCUT2D eigenvalue weighted by Gasteiger charge is 2.21. The third-order valence-corrected chi connectivity index (χ3v) is 4.87. The Kier molecular flexibility index (Phi) is 8.19. The second-order valence-electron chi connectivity index (χ2n) is 7.58. The van der Waals surface area contributed by atoms with Gasteiger partial charge in [0.15, 0.2) is 12.6 Å². The number of rotatable bonds is 10. The first-order valence-corrected chi connectivity index (χ1v) is 11.0. The molecule has 1 heterocycles. The van der Waals surface area contributed by atoms with Crippen LogP contribution in [0.2, 0.25) is 0 Å². The summed E-state index contributed by atoms with van der Waals surface area (Å²) in [6.45, 7) is 8.26. The Morgan fingerprint density at radius 1 is 1.22 bits per heavy atom. The van der Waals surface area contributed by atoms with Crippen LogP contribution in [0.1, 0.15) is 37.5 Å². The summed E-state index contributed by atoms with van der Waals surface area (Å²) in [4.78, 5) is 15.6. The Bertz CT molecular complexity index is 961. The molecule has 0 aromatic heterocycles. The topological polar surface area (TPSA) is 107 Å². The Morgan fingerprint density at radius 2 is 2.06 bits per heavy atom. The van der Waals surface area contributed by atoms with Gasteiger partial charge in [0.25, 0.3) is 5.91 Å². The lowest BCUT2D eigenvalue weighted by Crippen LogP contribution is -2.36.